The van der Waals surface area contributed by atoms with Crippen LogP contribution in [0.3, 0.4) is 0 Å². The van der Waals surface area contributed by atoms with E-state index in [9.17, 15) is 18.0 Å². The SMILES string of the molecule is C[C@@H]1CCN[C@H](C)[C@@H]1NC(=O)C(F)(F)F. The molecule has 88 valence electrons. The van der Waals surface area contributed by atoms with Crippen LogP contribution in [0.2, 0.25) is 0 Å². The van der Waals surface area contributed by atoms with Gasteiger partial charge in [-0.3, -0.25) is 4.79 Å². The number of halogens is 3. The van der Waals surface area contributed by atoms with Crippen LogP contribution in [0, 0.1) is 5.92 Å². The van der Waals surface area contributed by atoms with Gasteiger partial charge in [-0.15, -0.1) is 0 Å². The van der Waals surface area contributed by atoms with Gasteiger partial charge in [0.1, 0.15) is 0 Å². The summed E-state index contributed by atoms with van der Waals surface area (Å²) in [7, 11) is 0. The molecule has 0 aromatic carbocycles. The van der Waals surface area contributed by atoms with E-state index in [4.69, 9.17) is 0 Å². The van der Waals surface area contributed by atoms with Gasteiger partial charge in [-0.2, -0.15) is 13.2 Å². The average molecular weight is 224 g/mol. The Bertz CT molecular complexity index is 232. The highest BCUT2D eigenvalue weighted by Gasteiger charge is 2.41. The van der Waals surface area contributed by atoms with Gasteiger partial charge in [0, 0.05) is 12.1 Å². The standard InChI is InChI=1S/C9H15F3N2O/c1-5-3-4-13-6(2)7(5)14-8(15)9(10,11)12/h5-7,13H,3-4H2,1-2H3,(H,14,15)/t5-,6-,7-/m1/s1. The van der Waals surface area contributed by atoms with E-state index in [1.165, 1.54) is 0 Å². The summed E-state index contributed by atoms with van der Waals surface area (Å²) in [6, 6.07) is -0.576. The van der Waals surface area contributed by atoms with Gasteiger partial charge in [0.25, 0.3) is 0 Å². The van der Waals surface area contributed by atoms with E-state index in [0.29, 0.717) is 0 Å². The first-order valence-corrected chi connectivity index (χ1v) is 4.93. The predicted octanol–water partition coefficient (Wildman–Crippen LogP) is 1.05. The topological polar surface area (TPSA) is 41.1 Å². The van der Waals surface area contributed by atoms with Crippen LogP contribution in [0.25, 0.3) is 0 Å². The molecule has 0 radical (unpaired) electrons. The van der Waals surface area contributed by atoms with Gasteiger partial charge in [-0.1, -0.05) is 6.92 Å². The van der Waals surface area contributed by atoms with Gasteiger partial charge in [0.2, 0.25) is 0 Å². The number of alkyl halides is 3. The molecule has 3 atom stereocenters. The number of carbonyl (C=O) groups is 1. The summed E-state index contributed by atoms with van der Waals surface area (Å²) in [5.41, 5.74) is 0. The minimum atomic E-state index is -4.79. The second kappa shape index (κ2) is 4.38. The maximum Gasteiger partial charge on any atom is 0.471 e. The van der Waals surface area contributed by atoms with Crippen molar-refractivity contribution in [2.75, 3.05) is 6.54 Å². The second-order valence-corrected chi connectivity index (χ2v) is 4.01. The number of piperidine rings is 1. The largest absolute Gasteiger partial charge is 0.471 e. The molecule has 1 aliphatic heterocycles. The fourth-order valence-corrected chi connectivity index (χ4v) is 1.84. The van der Waals surface area contributed by atoms with Crippen molar-refractivity contribution in [3.05, 3.63) is 0 Å². The van der Waals surface area contributed by atoms with Crippen LogP contribution >= 0.6 is 0 Å². The van der Waals surface area contributed by atoms with Crippen LogP contribution in [0.15, 0.2) is 0 Å². The molecule has 1 aliphatic rings. The first kappa shape index (κ1) is 12.3. The van der Waals surface area contributed by atoms with Gasteiger partial charge in [0.15, 0.2) is 0 Å². The molecular weight excluding hydrogens is 209 g/mol. The lowest BCUT2D eigenvalue weighted by atomic mass is 9.89. The van der Waals surface area contributed by atoms with E-state index in [0.717, 1.165) is 13.0 Å². The molecule has 0 aromatic heterocycles. The molecule has 1 rings (SSSR count). The smallest absolute Gasteiger partial charge is 0.344 e. The first-order chi connectivity index (χ1) is 6.82. The normalized spacial score (nSPS) is 32.5. The van der Waals surface area contributed by atoms with E-state index in [2.05, 4.69) is 5.32 Å². The van der Waals surface area contributed by atoms with Crippen LogP contribution in [0.4, 0.5) is 13.2 Å². The van der Waals surface area contributed by atoms with Crippen LogP contribution < -0.4 is 10.6 Å². The van der Waals surface area contributed by atoms with Crippen molar-refractivity contribution in [2.24, 2.45) is 5.92 Å². The third kappa shape index (κ3) is 3.09. The van der Waals surface area contributed by atoms with E-state index in [1.807, 2.05) is 12.2 Å². The zero-order valence-corrected chi connectivity index (χ0v) is 8.69. The molecule has 0 bridgehead atoms. The van der Waals surface area contributed by atoms with Crippen LogP contribution in [-0.4, -0.2) is 30.7 Å². The molecular formula is C9H15F3N2O. The van der Waals surface area contributed by atoms with Gasteiger partial charge in [-0.25, -0.2) is 0 Å². The van der Waals surface area contributed by atoms with Crippen molar-refractivity contribution in [3.8, 4) is 0 Å². The van der Waals surface area contributed by atoms with E-state index < -0.39 is 18.1 Å². The molecule has 15 heavy (non-hydrogen) atoms. The molecule has 2 N–H and O–H groups in total. The molecule has 1 heterocycles. The van der Waals surface area contributed by atoms with Gasteiger partial charge in [0.05, 0.1) is 0 Å². The number of nitrogens with one attached hydrogen (secondary N) is 2. The summed E-state index contributed by atoms with van der Waals surface area (Å²) < 4.78 is 36.1. The van der Waals surface area contributed by atoms with Crippen LogP contribution in [0.5, 0.6) is 0 Å². The molecule has 0 spiro atoms. The number of hydrogen-bond donors (Lipinski definition) is 2. The minimum Gasteiger partial charge on any atom is -0.344 e. The maximum absolute atomic E-state index is 12.0. The van der Waals surface area contributed by atoms with Crippen LogP contribution in [-0.2, 0) is 4.79 Å². The van der Waals surface area contributed by atoms with Gasteiger partial charge >= 0.3 is 12.1 Å². The summed E-state index contributed by atoms with van der Waals surface area (Å²) >= 11 is 0. The number of rotatable bonds is 1. The Morgan fingerprint density at radius 1 is 1.40 bits per heavy atom. The van der Waals surface area contributed by atoms with Gasteiger partial charge < -0.3 is 10.6 Å². The summed E-state index contributed by atoms with van der Waals surface area (Å²) in [5.74, 6) is -1.79. The summed E-state index contributed by atoms with van der Waals surface area (Å²) in [6.45, 7) is 4.40. The summed E-state index contributed by atoms with van der Waals surface area (Å²) in [5, 5.41) is 5.07. The lowest BCUT2D eigenvalue weighted by Gasteiger charge is -2.36. The number of amides is 1. The third-order valence-corrected chi connectivity index (χ3v) is 2.77. The Labute approximate surface area is 86.4 Å². The Morgan fingerprint density at radius 3 is 2.47 bits per heavy atom. The Kier molecular flexibility index (Phi) is 3.59. The van der Waals surface area contributed by atoms with E-state index in [-0.39, 0.29) is 12.0 Å². The van der Waals surface area contributed by atoms with E-state index in [1.54, 1.807) is 6.92 Å². The maximum atomic E-state index is 12.0. The quantitative estimate of drug-likeness (QED) is 0.699. The van der Waals surface area contributed by atoms with E-state index >= 15 is 0 Å². The average Bonchev–Trinajstić information content (AvgIpc) is 2.09. The lowest BCUT2D eigenvalue weighted by molar-refractivity contribution is -0.175. The molecule has 1 amide bonds. The predicted molar refractivity (Wildman–Crippen MR) is 49.2 cm³/mol. The Hall–Kier alpha value is -0.780. The number of carbonyl (C=O) groups excluding carboxylic acids is 1. The molecule has 3 nitrogen and oxygen atoms in total. The molecule has 0 unspecified atom stereocenters. The minimum absolute atomic E-state index is 0.0625. The van der Waals surface area contributed by atoms with Crippen LogP contribution in [0.1, 0.15) is 20.3 Å². The zero-order chi connectivity index (χ0) is 11.6. The summed E-state index contributed by atoms with van der Waals surface area (Å²) in [4.78, 5) is 10.8. The lowest BCUT2D eigenvalue weighted by Crippen LogP contribution is -2.58. The Balaban J connectivity index is 2.59. The van der Waals surface area contributed by atoms with Crippen molar-refractivity contribution >= 4 is 5.91 Å². The van der Waals surface area contributed by atoms with Crippen molar-refractivity contribution in [1.82, 2.24) is 10.6 Å². The van der Waals surface area contributed by atoms with Crippen molar-refractivity contribution in [3.63, 3.8) is 0 Å². The first-order valence-electron chi connectivity index (χ1n) is 4.93. The van der Waals surface area contributed by atoms with Crippen molar-refractivity contribution < 1.29 is 18.0 Å². The van der Waals surface area contributed by atoms with Crippen molar-refractivity contribution in [2.45, 2.75) is 38.5 Å². The molecule has 0 aromatic rings. The zero-order valence-electron chi connectivity index (χ0n) is 8.69. The van der Waals surface area contributed by atoms with Gasteiger partial charge in [-0.05, 0) is 25.8 Å². The highest BCUT2D eigenvalue weighted by atomic mass is 19.4. The fourth-order valence-electron chi connectivity index (χ4n) is 1.84. The third-order valence-electron chi connectivity index (χ3n) is 2.77. The molecule has 1 saturated heterocycles. The number of hydrogen-bond acceptors (Lipinski definition) is 2. The highest BCUT2D eigenvalue weighted by Crippen LogP contribution is 2.20. The highest BCUT2D eigenvalue weighted by molar-refractivity contribution is 5.82. The fraction of sp³-hybridized carbons (Fsp3) is 0.889. The Morgan fingerprint density at radius 2 is 2.00 bits per heavy atom. The monoisotopic (exact) mass is 224 g/mol. The molecule has 1 fully saturated rings. The molecule has 0 saturated carbocycles. The molecule has 0 aliphatic carbocycles. The van der Waals surface area contributed by atoms with Crippen molar-refractivity contribution in [1.29, 1.82) is 0 Å². The second-order valence-electron chi connectivity index (χ2n) is 4.01. The molecule has 6 heteroatoms. The summed E-state index contributed by atoms with van der Waals surface area (Å²) in [6.07, 6.45) is -4.02.